The smallest absolute Gasteiger partial charge is 0.273 e. The summed E-state index contributed by atoms with van der Waals surface area (Å²) in [4.78, 5) is 14.2. The second kappa shape index (κ2) is 6.70. The molecule has 0 spiro atoms. The van der Waals surface area contributed by atoms with Crippen LogP contribution in [0.3, 0.4) is 0 Å². The highest BCUT2D eigenvalue weighted by Gasteiger charge is 2.39. The molecule has 2 N–H and O–H groups in total. The minimum Gasteiger partial charge on any atom is -0.393 e. The number of morpholine rings is 1. The molecule has 122 valence electrons. The molecule has 0 saturated carbocycles. The van der Waals surface area contributed by atoms with E-state index in [-0.39, 0.29) is 18.2 Å². The highest BCUT2D eigenvalue weighted by molar-refractivity contribution is 6.33. The number of nitrogens with one attached hydrogen (secondary N) is 1. The number of rotatable bonds is 4. The normalized spacial score (nSPS) is 21.4. The zero-order valence-electron chi connectivity index (χ0n) is 12.5. The predicted octanol–water partition coefficient (Wildman–Crippen LogP) is 1.51. The Morgan fingerprint density at radius 2 is 2.22 bits per heavy atom. The maximum absolute atomic E-state index is 12.6. The van der Waals surface area contributed by atoms with Gasteiger partial charge in [0.25, 0.3) is 5.91 Å². The highest BCUT2D eigenvalue weighted by atomic mass is 35.5. The lowest BCUT2D eigenvalue weighted by Crippen LogP contribution is -2.56. The zero-order chi connectivity index (χ0) is 16.3. The molecule has 1 amide bonds. The van der Waals surface area contributed by atoms with Gasteiger partial charge in [-0.15, -0.1) is 0 Å². The summed E-state index contributed by atoms with van der Waals surface area (Å²) in [5.74, 6) is -0.235. The van der Waals surface area contributed by atoms with Crippen LogP contribution < -0.4 is 0 Å². The molecule has 1 aliphatic rings. The van der Waals surface area contributed by atoms with Crippen molar-refractivity contribution in [2.45, 2.75) is 12.0 Å². The van der Waals surface area contributed by atoms with Crippen molar-refractivity contribution < 1.29 is 14.6 Å². The van der Waals surface area contributed by atoms with Gasteiger partial charge in [0.15, 0.2) is 0 Å². The van der Waals surface area contributed by atoms with E-state index in [0.29, 0.717) is 31.1 Å². The number of aliphatic hydroxyl groups excluding tert-OH is 1. The molecule has 2 heterocycles. The summed E-state index contributed by atoms with van der Waals surface area (Å²) in [6.07, 6.45) is 1.93. The van der Waals surface area contributed by atoms with E-state index in [0.717, 1.165) is 5.56 Å². The minimum absolute atomic E-state index is 0.164. The number of hydrogen-bond acceptors (Lipinski definition) is 4. The number of H-pyrrole nitrogens is 1. The predicted molar refractivity (Wildman–Crippen MR) is 85.4 cm³/mol. The number of hydrogen-bond donors (Lipinski definition) is 2. The summed E-state index contributed by atoms with van der Waals surface area (Å²) in [6, 6.07) is 9.78. The lowest BCUT2D eigenvalue weighted by atomic mass is 9.93. The molecule has 1 saturated heterocycles. The first-order valence-corrected chi connectivity index (χ1v) is 7.78. The van der Waals surface area contributed by atoms with Gasteiger partial charge >= 0.3 is 0 Å². The van der Waals surface area contributed by atoms with E-state index in [2.05, 4.69) is 10.2 Å². The topological polar surface area (TPSA) is 78.5 Å². The summed E-state index contributed by atoms with van der Waals surface area (Å²) < 4.78 is 5.84. The summed E-state index contributed by atoms with van der Waals surface area (Å²) in [6.45, 7) is 0.949. The van der Waals surface area contributed by atoms with Crippen LogP contribution in [0.15, 0.2) is 36.5 Å². The van der Waals surface area contributed by atoms with Crippen LogP contribution >= 0.6 is 11.6 Å². The molecule has 1 fully saturated rings. The van der Waals surface area contributed by atoms with E-state index >= 15 is 0 Å². The van der Waals surface area contributed by atoms with Crippen LogP contribution in [-0.4, -0.2) is 58.0 Å². The third kappa shape index (κ3) is 3.39. The van der Waals surface area contributed by atoms with Crippen LogP contribution in [0.2, 0.25) is 5.02 Å². The molecule has 23 heavy (non-hydrogen) atoms. The lowest BCUT2D eigenvalue weighted by molar-refractivity contribution is -0.123. The van der Waals surface area contributed by atoms with Gasteiger partial charge in [-0.25, -0.2) is 0 Å². The summed E-state index contributed by atoms with van der Waals surface area (Å²) in [5.41, 5.74) is 0.512. The second-order valence-corrected chi connectivity index (χ2v) is 6.08. The fourth-order valence-corrected chi connectivity index (χ4v) is 3.00. The molecule has 7 heteroatoms. The summed E-state index contributed by atoms with van der Waals surface area (Å²) >= 11 is 5.97. The van der Waals surface area contributed by atoms with Gasteiger partial charge in [0.2, 0.25) is 0 Å². The van der Waals surface area contributed by atoms with Crippen molar-refractivity contribution in [1.82, 2.24) is 15.1 Å². The van der Waals surface area contributed by atoms with Crippen LogP contribution in [0.5, 0.6) is 0 Å². The standard InChI is InChI=1S/C16H18ClN3O3/c17-13-9-18-19-14(13)15(22)20-6-7-23-16(10-20,11-21)8-12-4-2-1-3-5-12/h1-5,9,21H,6-8,10-11H2,(H,18,19). The van der Waals surface area contributed by atoms with Gasteiger partial charge < -0.3 is 14.7 Å². The fraction of sp³-hybridized carbons (Fsp3) is 0.375. The van der Waals surface area contributed by atoms with Gasteiger partial charge in [0.05, 0.1) is 31.0 Å². The van der Waals surface area contributed by atoms with E-state index < -0.39 is 5.60 Å². The van der Waals surface area contributed by atoms with Crippen molar-refractivity contribution in [1.29, 1.82) is 0 Å². The average Bonchev–Trinajstić information content (AvgIpc) is 3.01. The number of benzene rings is 1. The molecule has 3 rings (SSSR count). The van der Waals surface area contributed by atoms with Gasteiger partial charge in [-0.2, -0.15) is 5.10 Å². The van der Waals surface area contributed by atoms with Gasteiger partial charge in [-0.05, 0) is 5.56 Å². The van der Waals surface area contributed by atoms with E-state index in [1.165, 1.54) is 6.20 Å². The zero-order valence-corrected chi connectivity index (χ0v) is 13.3. The average molecular weight is 336 g/mol. The maximum atomic E-state index is 12.6. The lowest BCUT2D eigenvalue weighted by Gasteiger charge is -2.41. The molecule has 1 atom stereocenters. The number of aliphatic hydroxyl groups is 1. The Hall–Kier alpha value is -1.89. The molecule has 1 unspecified atom stereocenters. The van der Waals surface area contributed by atoms with Crippen molar-refractivity contribution in [3.8, 4) is 0 Å². The Kier molecular flexibility index (Phi) is 4.66. The molecule has 6 nitrogen and oxygen atoms in total. The minimum atomic E-state index is -0.804. The number of nitrogens with zero attached hydrogens (tertiary/aromatic N) is 2. The Morgan fingerprint density at radius 3 is 2.87 bits per heavy atom. The Bertz CT molecular complexity index is 676. The van der Waals surface area contributed by atoms with Crippen molar-refractivity contribution in [3.63, 3.8) is 0 Å². The molecule has 2 aromatic rings. The number of carbonyl (C=O) groups is 1. The second-order valence-electron chi connectivity index (χ2n) is 5.67. The third-order valence-corrected chi connectivity index (χ3v) is 4.29. The molecule has 1 aromatic carbocycles. The van der Waals surface area contributed by atoms with E-state index in [1.54, 1.807) is 4.90 Å². The van der Waals surface area contributed by atoms with Gasteiger partial charge in [-0.1, -0.05) is 41.9 Å². The monoisotopic (exact) mass is 335 g/mol. The van der Waals surface area contributed by atoms with E-state index in [1.807, 2.05) is 30.3 Å². The number of halogens is 1. The number of ether oxygens (including phenoxy) is 1. The molecular weight excluding hydrogens is 318 g/mol. The first-order chi connectivity index (χ1) is 11.1. The first-order valence-electron chi connectivity index (χ1n) is 7.40. The molecule has 1 aromatic heterocycles. The van der Waals surface area contributed by atoms with Crippen molar-refractivity contribution in [3.05, 3.63) is 52.8 Å². The molecule has 1 aliphatic heterocycles. The van der Waals surface area contributed by atoms with Gasteiger partial charge in [0.1, 0.15) is 11.3 Å². The van der Waals surface area contributed by atoms with Crippen molar-refractivity contribution in [2.75, 3.05) is 26.3 Å². The van der Waals surface area contributed by atoms with Crippen LogP contribution in [0.1, 0.15) is 16.1 Å². The SMILES string of the molecule is O=C(c1[nH]ncc1Cl)N1CCOC(CO)(Cc2ccccc2)C1. The number of amides is 1. The number of aromatic nitrogens is 2. The Morgan fingerprint density at radius 1 is 1.43 bits per heavy atom. The largest absolute Gasteiger partial charge is 0.393 e. The summed E-state index contributed by atoms with van der Waals surface area (Å²) in [5, 5.41) is 16.6. The van der Waals surface area contributed by atoms with E-state index in [9.17, 15) is 9.90 Å². The van der Waals surface area contributed by atoms with Crippen LogP contribution in [0.4, 0.5) is 0 Å². The van der Waals surface area contributed by atoms with Gasteiger partial charge in [0, 0.05) is 13.0 Å². The van der Waals surface area contributed by atoms with Crippen LogP contribution in [0.25, 0.3) is 0 Å². The van der Waals surface area contributed by atoms with Crippen LogP contribution in [0, 0.1) is 0 Å². The molecule has 0 radical (unpaired) electrons. The van der Waals surface area contributed by atoms with Crippen molar-refractivity contribution >= 4 is 17.5 Å². The molecular formula is C16H18ClN3O3. The van der Waals surface area contributed by atoms with Crippen LogP contribution in [-0.2, 0) is 11.2 Å². The maximum Gasteiger partial charge on any atom is 0.273 e. The Balaban J connectivity index is 1.78. The highest BCUT2D eigenvalue weighted by Crippen LogP contribution is 2.25. The Labute approximate surface area is 139 Å². The van der Waals surface area contributed by atoms with Crippen molar-refractivity contribution in [2.24, 2.45) is 0 Å². The number of aromatic amines is 1. The molecule has 0 bridgehead atoms. The third-order valence-electron chi connectivity index (χ3n) is 4.00. The fourth-order valence-electron chi connectivity index (χ4n) is 2.82. The van der Waals surface area contributed by atoms with Gasteiger partial charge in [-0.3, -0.25) is 9.89 Å². The number of carbonyl (C=O) groups excluding carboxylic acids is 1. The summed E-state index contributed by atoms with van der Waals surface area (Å²) in [7, 11) is 0. The quantitative estimate of drug-likeness (QED) is 0.887. The molecule has 0 aliphatic carbocycles. The first kappa shape index (κ1) is 16.0. The van der Waals surface area contributed by atoms with E-state index in [4.69, 9.17) is 16.3 Å².